The Bertz CT molecular complexity index is 1360. The quantitative estimate of drug-likeness (QED) is 0.340. The predicted octanol–water partition coefficient (Wildman–Crippen LogP) is 8.67. The SMILES string of the molecule is CC1(C)C(=O)CC[C@@]2(C)C1CC[C@]1(C)C2C(=O)C=C2C3(C)C[C@@](C)(C(=O)OCc4ccccc4)CC[C@]3(C)CC[C@]21C. The van der Waals surface area contributed by atoms with Gasteiger partial charge < -0.3 is 4.74 Å². The highest BCUT2D eigenvalue weighted by Crippen LogP contribution is 2.77. The lowest BCUT2D eigenvalue weighted by Crippen LogP contribution is -2.67. The highest BCUT2D eigenvalue weighted by Gasteiger charge is 2.72. The predicted molar refractivity (Wildman–Crippen MR) is 165 cm³/mol. The maximum Gasteiger partial charge on any atom is 0.312 e. The van der Waals surface area contributed by atoms with Gasteiger partial charge in [-0.2, -0.15) is 0 Å². The Hall–Kier alpha value is -2.23. The molecule has 1 aromatic rings. The number of ether oxygens (including phenoxy) is 1. The van der Waals surface area contributed by atoms with Gasteiger partial charge in [0.15, 0.2) is 5.78 Å². The topological polar surface area (TPSA) is 60.4 Å². The molecule has 5 aliphatic rings. The van der Waals surface area contributed by atoms with Gasteiger partial charge in [-0.15, -0.1) is 0 Å². The van der Waals surface area contributed by atoms with E-state index in [0.29, 0.717) is 25.2 Å². The normalized spacial score (nSPS) is 46.0. The maximum atomic E-state index is 14.6. The number of allylic oxidation sites excluding steroid dienone is 2. The van der Waals surface area contributed by atoms with E-state index >= 15 is 0 Å². The molecule has 0 amide bonds. The standard InChI is InChI=1S/C38H52O4/c1-32(2)27-14-17-37(7)30(35(27,5)16-15-29(32)40)26(39)22-28-36(37,6)21-20-34(4)19-18-33(3,24-38(28,34)8)31(41)42-23-25-12-10-9-11-13-25/h9-13,22,27,30H,14-21,23-24H2,1-8H3/t27?,30?,33-,34+,35-,36+,37+,38?/m0/s1. The van der Waals surface area contributed by atoms with Crippen LogP contribution in [0.4, 0.5) is 0 Å². The van der Waals surface area contributed by atoms with Gasteiger partial charge in [-0.1, -0.05) is 84.4 Å². The van der Waals surface area contributed by atoms with Gasteiger partial charge in [-0.3, -0.25) is 14.4 Å². The fourth-order valence-corrected chi connectivity index (χ4v) is 11.7. The Morgan fingerprint density at radius 1 is 0.833 bits per heavy atom. The molecule has 6 rings (SSSR count). The molecule has 42 heavy (non-hydrogen) atoms. The lowest BCUT2D eigenvalue weighted by Gasteiger charge is -2.72. The first-order chi connectivity index (χ1) is 19.5. The average Bonchev–Trinajstić information content (AvgIpc) is 2.93. The van der Waals surface area contributed by atoms with Crippen molar-refractivity contribution in [1.82, 2.24) is 0 Å². The zero-order valence-electron chi connectivity index (χ0n) is 27.3. The van der Waals surface area contributed by atoms with Crippen LogP contribution in [-0.4, -0.2) is 17.5 Å². The van der Waals surface area contributed by atoms with Gasteiger partial charge in [0, 0.05) is 17.8 Å². The minimum Gasteiger partial charge on any atom is -0.460 e. The smallest absolute Gasteiger partial charge is 0.312 e. The average molecular weight is 573 g/mol. The summed E-state index contributed by atoms with van der Waals surface area (Å²) in [5, 5.41) is 0. The van der Waals surface area contributed by atoms with Crippen molar-refractivity contribution >= 4 is 17.5 Å². The summed E-state index contributed by atoms with van der Waals surface area (Å²) in [6.45, 7) is 18.6. The van der Waals surface area contributed by atoms with E-state index in [1.165, 1.54) is 5.57 Å². The van der Waals surface area contributed by atoms with E-state index in [1.54, 1.807) is 0 Å². The molecule has 0 spiro atoms. The zero-order valence-corrected chi connectivity index (χ0v) is 27.3. The minimum atomic E-state index is -0.597. The summed E-state index contributed by atoms with van der Waals surface area (Å²) in [7, 11) is 0. The molecule has 5 aliphatic carbocycles. The van der Waals surface area contributed by atoms with E-state index in [-0.39, 0.29) is 56.1 Å². The van der Waals surface area contributed by atoms with Crippen LogP contribution in [0.25, 0.3) is 0 Å². The third kappa shape index (κ3) is 3.75. The van der Waals surface area contributed by atoms with Crippen molar-refractivity contribution in [2.75, 3.05) is 0 Å². The van der Waals surface area contributed by atoms with E-state index < -0.39 is 5.41 Å². The molecule has 4 fully saturated rings. The lowest BCUT2D eigenvalue weighted by atomic mass is 9.31. The number of carbonyl (C=O) groups excluding carboxylic acids is 3. The van der Waals surface area contributed by atoms with Gasteiger partial charge in [0.1, 0.15) is 12.4 Å². The Labute approximate surface area is 253 Å². The number of hydrogen-bond acceptors (Lipinski definition) is 4. The van der Waals surface area contributed by atoms with E-state index in [9.17, 15) is 14.4 Å². The third-order valence-electron chi connectivity index (χ3n) is 14.7. The number of fused-ring (bicyclic) bond motifs is 7. The van der Waals surface area contributed by atoms with Crippen LogP contribution in [-0.2, 0) is 25.7 Å². The number of ketones is 2. The number of rotatable bonds is 3. The third-order valence-corrected chi connectivity index (χ3v) is 14.7. The molecule has 1 aromatic carbocycles. The van der Waals surface area contributed by atoms with Gasteiger partial charge in [-0.25, -0.2) is 0 Å². The largest absolute Gasteiger partial charge is 0.460 e. The molecule has 0 bridgehead atoms. The summed E-state index contributed by atoms with van der Waals surface area (Å²) >= 11 is 0. The number of carbonyl (C=O) groups is 3. The van der Waals surface area contributed by atoms with Gasteiger partial charge in [0.25, 0.3) is 0 Å². The van der Waals surface area contributed by atoms with Crippen LogP contribution in [0.15, 0.2) is 42.0 Å². The molecule has 0 radical (unpaired) electrons. The van der Waals surface area contributed by atoms with E-state index in [2.05, 4.69) is 61.5 Å². The molecule has 0 saturated heterocycles. The van der Waals surface area contributed by atoms with Crippen LogP contribution in [0.1, 0.15) is 119 Å². The van der Waals surface area contributed by atoms with Crippen LogP contribution in [0.5, 0.6) is 0 Å². The summed E-state index contributed by atoms with van der Waals surface area (Å²) < 4.78 is 5.96. The molecule has 4 heteroatoms. The van der Waals surface area contributed by atoms with Gasteiger partial charge >= 0.3 is 5.97 Å². The van der Waals surface area contributed by atoms with Crippen LogP contribution >= 0.6 is 0 Å². The second-order valence-electron chi connectivity index (χ2n) is 17.1. The summed E-state index contributed by atoms with van der Waals surface area (Å²) in [6, 6.07) is 9.91. The molecular formula is C38H52O4. The summed E-state index contributed by atoms with van der Waals surface area (Å²) in [4.78, 5) is 41.4. The van der Waals surface area contributed by atoms with Gasteiger partial charge in [-0.05, 0) is 103 Å². The monoisotopic (exact) mass is 572 g/mol. The maximum absolute atomic E-state index is 14.6. The first-order valence-electron chi connectivity index (χ1n) is 16.5. The van der Waals surface area contributed by atoms with Crippen molar-refractivity contribution in [3.05, 3.63) is 47.5 Å². The van der Waals surface area contributed by atoms with Crippen molar-refractivity contribution in [3.63, 3.8) is 0 Å². The number of hydrogen-bond donors (Lipinski definition) is 0. The molecule has 0 heterocycles. The second-order valence-corrected chi connectivity index (χ2v) is 17.1. The number of Topliss-reactive ketones (excluding diaryl/α,β-unsaturated/α-hetero) is 1. The van der Waals surface area contributed by atoms with E-state index in [1.807, 2.05) is 30.3 Å². The van der Waals surface area contributed by atoms with Crippen molar-refractivity contribution in [2.24, 2.45) is 49.7 Å². The van der Waals surface area contributed by atoms with Crippen molar-refractivity contribution in [1.29, 1.82) is 0 Å². The molecule has 4 saturated carbocycles. The van der Waals surface area contributed by atoms with Crippen molar-refractivity contribution in [2.45, 2.75) is 120 Å². The molecule has 228 valence electrons. The number of esters is 1. The molecule has 0 aromatic heterocycles. The van der Waals surface area contributed by atoms with Crippen LogP contribution in [0.2, 0.25) is 0 Å². The Kier molecular flexibility index (Phi) is 6.49. The molecule has 4 nitrogen and oxygen atoms in total. The molecule has 3 unspecified atom stereocenters. The Morgan fingerprint density at radius 3 is 2.19 bits per heavy atom. The highest BCUT2D eigenvalue weighted by molar-refractivity contribution is 5.96. The highest BCUT2D eigenvalue weighted by atomic mass is 16.5. The van der Waals surface area contributed by atoms with Crippen molar-refractivity contribution in [3.8, 4) is 0 Å². The van der Waals surface area contributed by atoms with Crippen LogP contribution in [0, 0.1) is 49.7 Å². The molecular weight excluding hydrogens is 520 g/mol. The Balaban J connectivity index is 1.38. The molecule has 0 N–H and O–H groups in total. The first-order valence-corrected chi connectivity index (χ1v) is 16.5. The minimum absolute atomic E-state index is 0.0292. The summed E-state index contributed by atoms with van der Waals surface area (Å²) in [5.74, 6) is 0.667. The fourth-order valence-electron chi connectivity index (χ4n) is 11.7. The lowest BCUT2D eigenvalue weighted by molar-refractivity contribution is -0.195. The van der Waals surface area contributed by atoms with Crippen LogP contribution in [0.3, 0.4) is 0 Å². The van der Waals surface area contributed by atoms with Gasteiger partial charge in [0.2, 0.25) is 0 Å². The zero-order chi connectivity index (χ0) is 30.6. The van der Waals surface area contributed by atoms with Crippen molar-refractivity contribution < 1.29 is 19.1 Å². The summed E-state index contributed by atoms with van der Waals surface area (Å²) in [6.07, 6.45) is 10.1. The fraction of sp³-hybridized carbons (Fsp3) is 0.711. The summed E-state index contributed by atoms with van der Waals surface area (Å²) in [5.41, 5.74) is 0.570. The molecule has 0 aliphatic heterocycles. The van der Waals surface area contributed by atoms with E-state index in [4.69, 9.17) is 4.74 Å². The van der Waals surface area contributed by atoms with Crippen LogP contribution < -0.4 is 0 Å². The van der Waals surface area contributed by atoms with E-state index in [0.717, 1.165) is 50.5 Å². The first kappa shape index (κ1) is 29.8. The second kappa shape index (κ2) is 9.14. The van der Waals surface area contributed by atoms with Gasteiger partial charge in [0.05, 0.1) is 5.41 Å². The number of benzene rings is 1. The Morgan fingerprint density at radius 2 is 1.50 bits per heavy atom. The molecule has 8 atom stereocenters.